The van der Waals surface area contributed by atoms with E-state index >= 15 is 0 Å². The molecule has 4 saturated heterocycles. The van der Waals surface area contributed by atoms with Crippen LogP contribution in [-0.4, -0.2) is 221 Å². The van der Waals surface area contributed by atoms with Gasteiger partial charge >= 0.3 is 0 Å². The van der Waals surface area contributed by atoms with Crippen molar-refractivity contribution in [3.63, 3.8) is 0 Å². The molecule has 264 valence electrons. The van der Waals surface area contributed by atoms with Crippen LogP contribution in [0.1, 0.15) is 0 Å². The maximum Gasteiger partial charge on any atom is 0.187 e. The van der Waals surface area contributed by atoms with Crippen molar-refractivity contribution in [2.45, 2.75) is 123 Å². The molecule has 0 radical (unpaired) electrons. The molecule has 45 heavy (non-hydrogen) atoms. The summed E-state index contributed by atoms with van der Waals surface area (Å²) in [7, 11) is 0. The fraction of sp³-hybridized carbons (Fsp3) is 1.00. The largest absolute Gasteiger partial charge is 0.394 e. The summed E-state index contributed by atoms with van der Waals surface area (Å²) in [5, 5.41) is 143. The lowest BCUT2D eigenvalue weighted by molar-refractivity contribution is -0.383. The molecule has 0 aromatic carbocycles. The Hall–Kier alpha value is -0.840. The molecule has 4 aliphatic rings. The number of aliphatic hydroxyl groups excluding tert-OH is 14. The smallest absolute Gasteiger partial charge is 0.187 e. The lowest BCUT2D eigenvalue weighted by Gasteiger charge is -2.48. The topological polar surface area (TPSA) is 348 Å². The van der Waals surface area contributed by atoms with E-state index in [0.717, 1.165) is 0 Å². The first kappa shape index (κ1) is 37.0. The van der Waals surface area contributed by atoms with E-state index in [-0.39, 0.29) is 0 Å². The first-order valence-electron chi connectivity index (χ1n) is 14.1. The number of hydrogen-bond donors (Lipinski definition) is 14. The van der Waals surface area contributed by atoms with Gasteiger partial charge in [0.2, 0.25) is 0 Å². The fourth-order valence-corrected chi connectivity index (χ4v) is 5.43. The van der Waals surface area contributed by atoms with Crippen LogP contribution >= 0.6 is 0 Å². The standard InChI is InChI=1S/C24H42O21/c25-1-5-9(28)13(32)15(34)22(41-5)39-4-8-12(31)20(45-23-16(35)14(33)10(29)6(2-26)42-23)18(37)24(43-8)44-19-11(30)7(3-27)40-21(38)17(19)36/h5-38H,1-4H2/t5-,6-,7-,8-,9-,10-,11-,12-,13+,14+,15-,16-,17-,18-,19+,20+,21?,22-,23+,24+/m1/s1. The highest BCUT2D eigenvalue weighted by molar-refractivity contribution is 4.97. The Labute approximate surface area is 254 Å². The van der Waals surface area contributed by atoms with Crippen molar-refractivity contribution in [3.8, 4) is 0 Å². The third kappa shape index (κ3) is 7.59. The normalized spacial score (nSPS) is 52.9. The molecule has 0 bridgehead atoms. The minimum absolute atomic E-state index is 0.758. The van der Waals surface area contributed by atoms with Crippen LogP contribution in [0, 0.1) is 0 Å². The van der Waals surface area contributed by atoms with Gasteiger partial charge in [-0.2, -0.15) is 0 Å². The zero-order valence-corrected chi connectivity index (χ0v) is 23.5. The third-order valence-corrected chi connectivity index (χ3v) is 8.19. The van der Waals surface area contributed by atoms with Gasteiger partial charge in [0.15, 0.2) is 25.2 Å². The Bertz CT molecular complexity index is 914. The van der Waals surface area contributed by atoms with Gasteiger partial charge in [0.1, 0.15) is 97.7 Å². The van der Waals surface area contributed by atoms with Gasteiger partial charge in [-0.3, -0.25) is 0 Å². The van der Waals surface area contributed by atoms with Gasteiger partial charge in [-0.1, -0.05) is 0 Å². The van der Waals surface area contributed by atoms with E-state index in [2.05, 4.69) is 0 Å². The summed E-state index contributed by atoms with van der Waals surface area (Å²) in [6.07, 6.45) is -35.9. The summed E-state index contributed by atoms with van der Waals surface area (Å²) in [5.74, 6) is 0. The molecule has 0 amide bonds. The van der Waals surface area contributed by atoms with Gasteiger partial charge in [-0.05, 0) is 0 Å². The maximum absolute atomic E-state index is 11.1. The molecule has 0 spiro atoms. The molecular weight excluding hydrogens is 624 g/mol. The molecule has 0 aliphatic carbocycles. The average molecular weight is 667 g/mol. The van der Waals surface area contributed by atoms with Gasteiger partial charge in [0.05, 0.1) is 26.4 Å². The Morgan fingerprint density at radius 2 is 0.778 bits per heavy atom. The molecule has 21 nitrogen and oxygen atoms in total. The molecule has 20 atom stereocenters. The summed E-state index contributed by atoms with van der Waals surface area (Å²) >= 11 is 0. The lowest BCUT2D eigenvalue weighted by Crippen LogP contribution is -2.67. The molecule has 4 heterocycles. The summed E-state index contributed by atoms with van der Waals surface area (Å²) in [6, 6.07) is 0. The minimum Gasteiger partial charge on any atom is -0.394 e. The lowest BCUT2D eigenvalue weighted by atomic mass is 9.96. The number of aliphatic hydroxyl groups is 14. The van der Waals surface area contributed by atoms with Gasteiger partial charge in [-0.15, -0.1) is 0 Å². The molecular formula is C24H42O21. The van der Waals surface area contributed by atoms with E-state index in [1.165, 1.54) is 0 Å². The van der Waals surface area contributed by atoms with Crippen LogP contribution < -0.4 is 0 Å². The monoisotopic (exact) mass is 666 g/mol. The van der Waals surface area contributed by atoms with Gasteiger partial charge in [0, 0.05) is 0 Å². The summed E-state index contributed by atoms with van der Waals surface area (Å²) in [4.78, 5) is 0. The van der Waals surface area contributed by atoms with Crippen LogP contribution in [0.2, 0.25) is 0 Å². The molecule has 4 aliphatic heterocycles. The average Bonchev–Trinajstić information content (AvgIpc) is 3.02. The van der Waals surface area contributed by atoms with E-state index in [4.69, 9.17) is 33.2 Å². The van der Waals surface area contributed by atoms with E-state index in [1.54, 1.807) is 0 Å². The van der Waals surface area contributed by atoms with Crippen molar-refractivity contribution in [3.05, 3.63) is 0 Å². The molecule has 4 fully saturated rings. The molecule has 4 rings (SSSR count). The minimum atomic E-state index is -2.07. The summed E-state index contributed by atoms with van der Waals surface area (Å²) in [6.45, 7) is -3.19. The maximum atomic E-state index is 11.1. The highest BCUT2D eigenvalue weighted by Gasteiger charge is 2.54. The molecule has 0 saturated carbocycles. The Balaban J connectivity index is 1.56. The van der Waals surface area contributed by atoms with Gasteiger partial charge < -0.3 is 105 Å². The van der Waals surface area contributed by atoms with Crippen molar-refractivity contribution in [1.82, 2.24) is 0 Å². The summed E-state index contributed by atoms with van der Waals surface area (Å²) in [5.41, 5.74) is 0. The zero-order valence-electron chi connectivity index (χ0n) is 23.5. The molecule has 0 aromatic heterocycles. The second kappa shape index (κ2) is 15.6. The van der Waals surface area contributed by atoms with Gasteiger partial charge in [-0.25, -0.2) is 0 Å². The second-order valence-electron chi connectivity index (χ2n) is 11.2. The van der Waals surface area contributed by atoms with E-state index in [1.807, 2.05) is 0 Å². The number of rotatable bonds is 10. The molecule has 0 aromatic rings. The van der Waals surface area contributed by atoms with E-state index in [9.17, 15) is 71.5 Å². The van der Waals surface area contributed by atoms with Crippen LogP contribution in [0.15, 0.2) is 0 Å². The quantitative estimate of drug-likeness (QED) is 0.103. The Kier molecular flexibility index (Phi) is 12.8. The van der Waals surface area contributed by atoms with Crippen LogP contribution in [-0.2, 0) is 33.2 Å². The van der Waals surface area contributed by atoms with Crippen molar-refractivity contribution in [2.24, 2.45) is 0 Å². The molecule has 1 unspecified atom stereocenters. The van der Waals surface area contributed by atoms with E-state index in [0.29, 0.717) is 0 Å². The molecule has 14 N–H and O–H groups in total. The third-order valence-electron chi connectivity index (χ3n) is 8.19. The SMILES string of the molecule is OC[C@H]1O[C@@H](OC[C@H]2O[C@@H](O[C@H]3[C@H](O)[C@@H](CO)OC(O)[C@@H]3O)[C@H](O)[C@@H](O[C@@H]3O[C@H](CO)[C@@H](O)[C@H](O)[C@H]3O)[C@@H]2O)[C@H](O)[C@@H](O)[C@@H]1O. The van der Waals surface area contributed by atoms with Crippen LogP contribution in [0.3, 0.4) is 0 Å². The first-order valence-corrected chi connectivity index (χ1v) is 14.1. The Morgan fingerprint density at radius 1 is 0.378 bits per heavy atom. The first-order chi connectivity index (χ1) is 21.2. The van der Waals surface area contributed by atoms with Crippen LogP contribution in [0.5, 0.6) is 0 Å². The second-order valence-corrected chi connectivity index (χ2v) is 11.2. The van der Waals surface area contributed by atoms with Crippen molar-refractivity contribution < 1.29 is 105 Å². The van der Waals surface area contributed by atoms with E-state index < -0.39 is 149 Å². The fourth-order valence-electron chi connectivity index (χ4n) is 5.43. The molecule has 21 heteroatoms. The van der Waals surface area contributed by atoms with Crippen molar-refractivity contribution in [1.29, 1.82) is 0 Å². The van der Waals surface area contributed by atoms with Crippen molar-refractivity contribution >= 4 is 0 Å². The highest BCUT2D eigenvalue weighted by atomic mass is 16.8. The van der Waals surface area contributed by atoms with Crippen molar-refractivity contribution in [2.75, 3.05) is 26.4 Å². The van der Waals surface area contributed by atoms with Crippen LogP contribution in [0.25, 0.3) is 0 Å². The highest BCUT2D eigenvalue weighted by Crippen LogP contribution is 2.33. The van der Waals surface area contributed by atoms with Gasteiger partial charge in [0.25, 0.3) is 0 Å². The predicted octanol–water partition coefficient (Wildman–Crippen LogP) is -9.75. The zero-order chi connectivity index (χ0) is 33.3. The van der Waals surface area contributed by atoms with Crippen LogP contribution in [0.4, 0.5) is 0 Å². The number of ether oxygens (including phenoxy) is 7. The predicted molar refractivity (Wildman–Crippen MR) is 134 cm³/mol. The number of hydrogen-bond acceptors (Lipinski definition) is 21. The Morgan fingerprint density at radius 3 is 1.31 bits per heavy atom. The summed E-state index contributed by atoms with van der Waals surface area (Å²) < 4.78 is 37.6.